The average Bonchev–Trinajstić information content (AvgIpc) is 3.15. The van der Waals surface area contributed by atoms with Crippen LogP contribution >= 0.6 is 11.6 Å². The van der Waals surface area contributed by atoms with Crippen LogP contribution in [0.5, 0.6) is 11.5 Å². The van der Waals surface area contributed by atoms with Crippen LogP contribution in [-0.2, 0) is 0 Å². The number of carbonyl (C=O) groups is 1. The van der Waals surface area contributed by atoms with Gasteiger partial charge in [0.1, 0.15) is 0 Å². The van der Waals surface area contributed by atoms with Gasteiger partial charge in [-0.2, -0.15) is 5.10 Å². The SMILES string of the molecule is Cc1[nH]nc2ncc(NC(=O)c3cc(Cl)c4c(c3)OCO4)cc12. The lowest BCUT2D eigenvalue weighted by Crippen LogP contribution is -2.12. The van der Waals surface area contributed by atoms with Crippen molar-refractivity contribution in [2.24, 2.45) is 0 Å². The van der Waals surface area contributed by atoms with Crippen molar-refractivity contribution >= 4 is 34.2 Å². The van der Waals surface area contributed by atoms with Crippen LogP contribution in [0.1, 0.15) is 16.1 Å². The number of H-pyrrole nitrogens is 1. The molecule has 0 radical (unpaired) electrons. The fraction of sp³-hybridized carbons (Fsp3) is 0.133. The first-order chi connectivity index (χ1) is 11.1. The lowest BCUT2D eigenvalue weighted by Gasteiger charge is -2.07. The van der Waals surface area contributed by atoms with E-state index >= 15 is 0 Å². The second-order valence-corrected chi connectivity index (χ2v) is 5.50. The number of aryl methyl sites for hydroxylation is 1. The summed E-state index contributed by atoms with van der Waals surface area (Å²) in [5.74, 6) is 0.606. The summed E-state index contributed by atoms with van der Waals surface area (Å²) < 4.78 is 10.5. The standard InChI is InChI=1S/C15H11ClN4O3/c1-7-10-4-9(5-17-14(10)20-19-7)18-15(21)8-2-11(16)13-12(3-8)22-6-23-13/h2-5H,6H2,1H3,(H,18,21)(H,17,19,20). The summed E-state index contributed by atoms with van der Waals surface area (Å²) >= 11 is 6.10. The van der Waals surface area contributed by atoms with Crippen molar-refractivity contribution in [2.75, 3.05) is 12.1 Å². The fourth-order valence-corrected chi connectivity index (χ4v) is 2.65. The largest absolute Gasteiger partial charge is 0.454 e. The summed E-state index contributed by atoms with van der Waals surface area (Å²) in [5, 5.41) is 10.9. The molecule has 0 aliphatic carbocycles. The Morgan fingerprint density at radius 1 is 1.35 bits per heavy atom. The number of nitrogens with zero attached hydrogens (tertiary/aromatic N) is 2. The maximum absolute atomic E-state index is 12.4. The molecule has 0 unspecified atom stereocenters. The van der Waals surface area contributed by atoms with Gasteiger partial charge < -0.3 is 14.8 Å². The van der Waals surface area contributed by atoms with Gasteiger partial charge in [0, 0.05) is 16.6 Å². The molecule has 23 heavy (non-hydrogen) atoms. The maximum Gasteiger partial charge on any atom is 0.255 e. The molecule has 3 aromatic rings. The zero-order valence-corrected chi connectivity index (χ0v) is 12.8. The number of anilines is 1. The number of hydrogen-bond acceptors (Lipinski definition) is 5. The van der Waals surface area contributed by atoms with Gasteiger partial charge in [-0.15, -0.1) is 0 Å². The number of hydrogen-bond donors (Lipinski definition) is 2. The molecule has 8 heteroatoms. The second kappa shape index (κ2) is 5.13. The highest BCUT2D eigenvalue weighted by atomic mass is 35.5. The molecular weight excluding hydrogens is 320 g/mol. The highest BCUT2D eigenvalue weighted by Gasteiger charge is 2.21. The van der Waals surface area contributed by atoms with Gasteiger partial charge in [0.05, 0.1) is 16.9 Å². The molecular formula is C15H11ClN4O3. The minimum absolute atomic E-state index is 0.0977. The van der Waals surface area contributed by atoms with Crippen molar-refractivity contribution in [3.8, 4) is 11.5 Å². The molecule has 3 heterocycles. The average molecular weight is 331 g/mol. The molecule has 1 aliphatic heterocycles. The summed E-state index contributed by atoms with van der Waals surface area (Å²) in [6, 6.07) is 4.95. The predicted molar refractivity (Wildman–Crippen MR) is 84.2 cm³/mol. The number of ether oxygens (including phenoxy) is 2. The van der Waals surface area contributed by atoms with E-state index in [1.807, 2.05) is 13.0 Å². The van der Waals surface area contributed by atoms with E-state index in [1.165, 1.54) is 0 Å². The number of pyridine rings is 1. The van der Waals surface area contributed by atoms with Gasteiger partial charge in [0.15, 0.2) is 17.1 Å². The Hall–Kier alpha value is -2.80. The van der Waals surface area contributed by atoms with Gasteiger partial charge in [-0.25, -0.2) is 4.98 Å². The Balaban J connectivity index is 1.64. The van der Waals surface area contributed by atoms with E-state index < -0.39 is 0 Å². The molecule has 2 N–H and O–H groups in total. The van der Waals surface area contributed by atoms with E-state index in [-0.39, 0.29) is 12.7 Å². The van der Waals surface area contributed by atoms with Crippen LogP contribution in [0.3, 0.4) is 0 Å². The highest BCUT2D eigenvalue weighted by Crippen LogP contribution is 2.39. The van der Waals surface area contributed by atoms with Crippen LogP contribution in [0.15, 0.2) is 24.4 Å². The molecule has 4 rings (SSSR count). The third-order valence-electron chi connectivity index (χ3n) is 3.55. The molecule has 1 aromatic carbocycles. The minimum Gasteiger partial charge on any atom is -0.454 e. The summed E-state index contributed by atoms with van der Waals surface area (Å²) in [6.07, 6.45) is 1.55. The summed E-state index contributed by atoms with van der Waals surface area (Å²) in [7, 11) is 0. The van der Waals surface area contributed by atoms with Crippen molar-refractivity contribution in [3.63, 3.8) is 0 Å². The van der Waals surface area contributed by atoms with Gasteiger partial charge in [-0.05, 0) is 25.1 Å². The Kier molecular flexibility index (Phi) is 3.09. The van der Waals surface area contributed by atoms with Crippen molar-refractivity contribution in [1.82, 2.24) is 15.2 Å². The second-order valence-electron chi connectivity index (χ2n) is 5.09. The number of amides is 1. The van der Waals surface area contributed by atoms with Gasteiger partial charge in [0.2, 0.25) is 6.79 Å². The van der Waals surface area contributed by atoms with E-state index in [1.54, 1.807) is 18.3 Å². The number of carbonyl (C=O) groups excluding carboxylic acids is 1. The molecule has 2 aromatic heterocycles. The summed E-state index contributed by atoms with van der Waals surface area (Å²) in [5.41, 5.74) is 2.44. The van der Waals surface area contributed by atoms with Crippen LogP contribution in [0, 0.1) is 6.92 Å². The molecule has 0 saturated carbocycles. The zero-order valence-electron chi connectivity index (χ0n) is 12.0. The van der Waals surface area contributed by atoms with Gasteiger partial charge in [0.25, 0.3) is 5.91 Å². The van der Waals surface area contributed by atoms with Gasteiger partial charge >= 0.3 is 0 Å². The minimum atomic E-state index is -0.313. The molecule has 0 spiro atoms. The van der Waals surface area contributed by atoms with E-state index in [4.69, 9.17) is 21.1 Å². The van der Waals surface area contributed by atoms with Gasteiger partial charge in [-0.3, -0.25) is 9.89 Å². The van der Waals surface area contributed by atoms with Crippen molar-refractivity contribution in [1.29, 1.82) is 0 Å². The van der Waals surface area contributed by atoms with Crippen LogP contribution in [-0.4, -0.2) is 27.9 Å². The fourth-order valence-electron chi connectivity index (χ4n) is 2.39. The number of fused-ring (bicyclic) bond motifs is 2. The van der Waals surface area contributed by atoms with Crippen LogP contribution in [0.2, 0.25) is 5.02 Å². The lowest BCUT2D eigenvalue weighted by atomic mass is 10.2. The smallest absolute Gasteiger partial charge is 0.255 e. The molecule has 0 bridgehead atoms. The number of nitrogens with one attached hydrogen (secondary N) is 2. The summed E-state index contributed by atoms with van der Waals surface area (Å²) in [4.78, 5) is 16.6. The maximum atomic E-state index is 12.4. The summed E-state index contributed by atoms with van der Waals surface area (Å²) in [6.45, 7) is 1.99. The Labute approximate surface area is 135 Å². The third kappa shape index (κ3) is 2.35. The number of halogens is 1. The van der Waals surface area contributed by atoms with E-state index in [2.05, 4.69) is 20.5 Å². The van der Waals surface area contributed by atoms with Gasteiger partial charge in [-0.1, -0.05) is 11.6 Å². The van der Waals surface area contributed by atoms with Crippen molar-refractivity contribution < 1.29 is 14.3 Å². The Morgan fingerprint density at radius 3 is 3.09 bits per heavy atom. The topological polar surface area (TPSA) is 89.1 Å². The molecule has 0 atom stereocenters. The number of aromatic nitrogens is 3. The first-order valence-electron chi connectivity index (χ1n) is 6.83. The van der Waals surface area contributed by atoms with E-state index in [0.29, 0.717) is 33.4 Å². The Morgan fingerprint density at radius 2 is 2.22 bits per heavy atom. The monoisotopic (exact) mass is 330 g/mol. The van der Waals surface area contributed by atoms with Crippen molar-refractivity contribution in [3.05, 3.63) is 40.7 Å². The van der Waals surface area contributed by atoms with E-state index in [9.17, 15) is 4.79 Å². The number of aromatic amines is 1. The van der Waals surface area contributed by atoms with Crippen LogP contribution in [0.25, 0.3) is 11.0 Å². The normalized spacial score (nSPS) is 12.6. The molecule has 116 valence electrons. The van der Waals surface area contributed by atoms with Crippen LogP contribution < -0.4 is 14.8 Å². The van der Waals surface area contributed by atoms with Crippen LogP contribution in [0.4, 0.5) is 5.69 Å². The molecule has 0 saturated heterocycles. The predicted octanol–water partition coefficient (Wildman–Crippen LogP) is 2.90. The molecule has 7 nitrogen and oxygen atoms in total. The number of benzene rings is 1. The first-order valence-corrected chi connectivity index (χ1v) is 7.21. The van der Waals surface area contributed by atoms with E-state index in [0.717, 1.165) is 11.1 Å². The quantitative estimate of drug-likeness (QED) is 0.754. The zero-order chi connectivity index (χ0) is 16.0. The third-order valence-corrected chi connectivity index (χ3v) is 3.83. The lowest BCUT2D eigenvalue weighted by molar-refractivity contribution is 0.102. The molecule has 1 amide bonds. The molecule has 0 fully saturated rings. The molecule has 1 aliphatic rings. The first kappa shape index (κ1) is 13.8. The Bertz CT molecular complexity index is 938. The highest BCUT2D eigenvalue weighted by molar-refractivity contribution is 6.32. The van der Waals surface area contributed by atoms with Crippen molar-refractivity contribution in [2.45, 2.75) is 6.92 Å². The number of rotatable bonds is 2.